The standard InChI is InChI=1S/C15H24FNO3/c1-13(14-4-3-5-15(16)12-14)17-6-7-19-10-11-20-9-8-18-2/h3-5,12-13,17H,6-11H2,1-2H3. The van der Waals surface area contributed by atoms with E-state index in [4.69, 9.17) is 14.2 Å². The van der Waals surface area contributed by atoms with Crippen molar-refractivity contribution >= 4 is 0 Å². The summed E-state index contributed by atoms with van der Waals surface area (Å²) in [5, 5.41) is 3.28. The van der Waals surface area contributed by atoms with Crippen LogP contribution in [0.5, 0.6) is 0 Å². The highest BCUT2D eigenvalue weighted by Gasteiger charge is 2.04. The van der Waals surface area contributed by atoms with Crippen molar-refractivity contribution in [2.45, 2.75) is 13.0 Å². The number of rotatable bonds is 11. The summed E-state index contributed by atoms with van der Waals surface area (Å²) in [7, 11) is 1.64. The van der Waals surface area contributed by atoms with Crippen molar-refractivity contribution in [3.63, 3.8) is 0 Å². The van der Waals surface area contributed by atoms with Crippen LogP contribution in [0.2, 0.25) is 0 Å². The second-order valence-corrected chi connectivity index (χ2v) is 4.45. The lowest BCUT2D eigenvalue weighted by molar-refractivity contribution is 0.0253. The molecule has 0 aliphatic carbocycles. The van der Waals surface area contributed by atoms with E-state index in [1.165, 1.54) is 6.07 Å². The van der Waals surface area contributed by atoms with E-state index in [0.717, 1.165) is 12.1 Å². The fourth-order valence-electron chi connectivity index (χ4n) is 1.71. The van der Waals surface area contributed by atoms with Crippen LogP contribution >= 0.6 is 0 Å². The van der Waals surface area contributed by atoms with Gasteiger partial charge in [-0.1, -0.05) is 12.1 Å². The minimum atomic E-state index is -0.208. The summed E-state index contributed by atoms with van der Waals surface area (Å²) in [5.41, 5.74) is 0.938. The summed E-state index contributed by atoms with van der Waals surface area (Å²) in [4.78, 5) is 0. The van der Waals surface area contributed by atoms with Crippen molar-refractivity contribution in [2.75, 3.05) is 46.7 Å². The zero-order valence-electron chi connectivity index (χ0n) is 12.2. The number of benzene rings is 1. The number of hydrogen-bond donors (Lipinski definition) is 1. The Morgan fingerprint density at radius 2 is 1.80 bits per heavy atom. The summed E-state index contributed by atoms with van der Waals surface area (Å²) in [6.45, 7) is 5.66. The van der Waals surface area contributed by atoms with Gasteiger partial charge in [-0.3, -0.25) is 0 Å². The largest absolute Gasteiger partial charge is 0.382 e. The molecule has 0 spiro atoms. The first kappa shape index (κ1) is 17.0. The van der Waals surface area contributed by atoms with Crippen LogP contribution in [0.3, 0.4) is 0 Å². The number of hydrogen-bond acceptors (Lipinski definition) is 4. The molecule has 0 amide bonds. The fourth-order valence-corrected chi connectivity index (χ4v) is 1.71. The van der Waals surface area contributed by atoms with Crippen LogP contribution < -0.4 is 5.32 Å². The number of ether oxygens (including phenoxy) is 3. The van der Waals surface area contributed by atoms with Gasteiger partial charge >= 0.3 is 0 Å². The Labute approximate surface area is 120 Å². The molecule has 1 unspecified atom stereocenters. The maximum atomic E-state index is 13.1. The van der Waals surface area contributed by atoms with E-state index in [2.05, 4.69) is 5.32 Å². The van der Waals surface area contributed by atoms with Gasteiger partial charge in [0.1, 0.15) is 5.82 Å². The summed E-state index contributed by atoms with van der Waals surface area (Å²) >= 11 is 0. The van der Waals surface area contributed by atoms with Crippen LogP contribution in [0.4, 0.5) is 4.39 Å². The molecule has 20 heavy (non-hydrogen) atoms. The van der Waals surface area contributed by atoms with Crippen molar-refractivity contribution in [2.24, 2.45) is 0 Å². The Morgan fingerprint density at radius 3 is 2.50 bits per heavy atom. The molecule has 1 aromatic rings. The van der Waals surface area contributed by atoms with E-state index in [1.807, 2.05) is 13.0 Å². The Kier molecular flexibility index (Phi) is 9.15. The van der Waals surface area contributed by atoms with E-state index in [9.17, 15) is 4.39 Å². The van der Waals surface area contributed by atoms with Crippen LogP contribution in [0.15, 0.2) is 24.3 Å². The molecule has 0 bridgehead atoms. The van der Waals surface area contributed by atoms with Crippen molar-refractivity contribution in [3.8, 4) is 0 Å². The van der Waals surface area contributed by atoms with Gasteiger partial charge < -0.3 is 19.5 Å². The van der Waals surface area contributed by atoms with E-state index in [0.29, 0.717) is 33.0 Å². The summed E-state index contributed by atoms with van der Waals surface area (Å²) in [5.74, 6) is -0.208. The molecule has 0 radical (unpaired) electrons. The van der Waals surface area contributed by atoms with Crippen molar-refractivity contribution in [3.05, 3.63) is 35.6 Å². The maximum Gasteiger partial charge on any atom is 0.123 e. The van der Waals surface area contributed by atoms with Crippen LogP contribution in [0, 0.1) is 5.82 Å². The van der Waals surface area contributed by atoms with Gasteiger partial charge in [0.25, 0.3) is 0 Å². The van der Waals surface area contributed by atoms with Gasteiger partial charge in [0.15, 0.2) is 0 Å². The van der Waals surface area contributed by atoms with E-state index >= 15 is 0 Å². The molecule has 0 aliphatic heterocycles. The highest BCUT2D eigenvalue weighted by Crippen LogP contribution is 2.12. The smallest absolute Gasteiger partial charge is 0.123 e. The monoisotopic (exact) mass is 285 g/mol. The van der Waals surface area contributed by atoms with Gasteiger partial charge in [-0.25, -0.2) is 4.39 Å². The molecule has 0 saturated heterocycles. The van der Waals surface area contributed by atoms with Gasteiger partial charge in [0, 0.05) is 19.7 Å². The summed E-state index contributed by atoms with van der Waals surface area (Å²) < 4.78 is 28.6. The Bertz CT molecular complexity index is 363. The summed E-state index contributed by atoms with van der Waals surface area (Å²) in [6, 6.07) is 6.72. The molecule has 1 rings (SSSR count). The van der Waals surface area contributed by atoms with Crippen molar-refractivity contribution in [1.82, 2.24) is 5.32 Å². The predicted octanol–water partition coefficient (Wildman–Crippen LogP) is 2.16. The SMILES string of the molecule is COCCOCCOCCNC(C)c1cccc(F)c1. The van der Waals surface area contributed by atoms with E-state index in [1.54, 1.807) is 19.2 Å². The molecule has 0 aromatic heterocycles. The predicted molar refractivity (Wildman–Crippen MR) is 76.3 cm³/mol. The second kappa shape index (κ2) is 10.7. The lowest BCUT2D eigenvalue weighted by Gasteiger charge is -2.14. The molecule has 5 heteroatoms. The molecule has 0 saturated carbocycles. The normalized spacial score (nSPS) is 12.6. The van der Waals surface area contributed by atoms with Crippen LogP contribution in [0.1, 0.15) is 18.5 Å². The molecule has 114 valence electrons. The van der Waals surface area contributed by atoms with Crippen LogP contribution in [0.25, 0.3) is 0 Å². The molecular weight excluding hydrogens is 261 g/mol. The molecule has 0 heterocycles. The zero-order chi connectivity index (χ0) is 14.6. The molecule has 1 aromatic carbocycles. The lowest BCUT2D eigenvalue weighted by atomic mass is 10.1. The third-order valence-corrected chi connectivity index (χ3v) is 2.85. The molecular formula is C15H24FNO3. The second-order valence-electron chi connectivity index (χ2n) is 4.45. The Balaban J connectivity index is 2.01. The third kappa shape index (κ3) is 7.55. The Hall–Kier alpha value is -1.01. The van der Waals surface area contributed by atoms with Gasteiger partial charge in [0.2, 0.25) is 0 Å². The van der Waals surface area contributed by atoms with Crippen molar-refractivity contribution < 1.29 is 18.6 Å². The zero-order valence-corrected chi connectivity index (χ0v) is 12.2. The average Bonchev–Trinajstić information content (AvgIpc) is 2.45. The first-order valence-electron chi connectivity index (χ1n) is 6.87. The van der Waals surface area contributed by atoms with Gasteiger partial charge in [-0.05, 0) is 24.6 Å². The van der Waals surface area contributed by atoms with Crippen LogP contribution in [-0.2, 0) is 14.2 Å². The minimum Gasteiger partial charge on any atom is -0.382 e. The van der Waals surface area contributed by atoms with Gasteiger partial charge in [-0.15, -0.1) is 0 Å². The highest BCUT2D eigenvalue weighted by atomic mass is 19.1. The number of halogens is 1. The van der Waals surface area contributed by atoms with E-state index < -0.39 is 0 Å². The number of nitrogens with one attached hydrogen (secondary N) is 1. The lowest BCUT2D eigenvalue weighted by Crippen LogP contribution is -2.24. The van der Waals surface area contributed by atoms with Crippen LogP contribution in [-0.4, -0.2) is 46.7 Å². The molecule has 1 N–H and O–H groups in total. The van der Waals surface area contributed by atoms with Crippen molar-refractivity contribution in [1.29, 1.82) is 0 Å². The third-order valence-electron chi connectivity index (χ3n) is 2.85. The average molecular weight is 285 g/mol. The quantitative estimate of drug-likeness (QED) is 0.632. The fraction of sp³-hybridized carbons (Fsp3) is 0.600. The molecule has 1 atom stereocenters. The first-order valence-corrected chi connectivity index (χ1v) is 6.87. The van der Waals surface area contributed by atoms with Gasteiger partial charge in [-0.2, -0.15) is 0 Å². The maximum absolute atomic E-state index is 13.1. The minimum absolute atomic E-state index is 0.104. The highest BCUT2D eigenvalue weighted by molar-refractivity contribution is 5.19. The summed E-state index contributed by atoms with van der Waals surface area (Å²) in [6.07, 6.45) is 0. The first-order chi connectivity index (χ1) is 9.74. The van der Waals surface area contributed by atoms with Gasteiger partial charge in [0.05, 0.1) is 33.0 Å². The molecule has 0 aliphatic rings. The van der Waals surface area contributed by atoms with E-state index in [-0.39, 0.29) is 11.9 Å². The molecule has 0 fully saturated rings. The molecule has 4 nitrogen and oxygen atoms in total. The Morgan fingerprint density at radius 1 is 1.10 bits per heavy atom. The number of methoxy groups -OCH3 is 1. The topological polar surface area (TPSA) is 39.7 Å².